The maximum Gasteiger partial charge on any atom is 0.252 e. The lowest BCUT2D eigenvalue weighted by molar-refractivity contribution is 1.21. The molecule has 2 aliphatic rings. The highest BCUT2D eigenvalue weighted by Crippen LogP contribution is 2.49. The number of hydrogen-bond donors (Lipinski definition) is 0. The number of nitrogens with zero attached hydrogens (tertiary/aromatic N) is 2. The minimum atomic E-state index is 0.0940. The van der Waals surface area contributed by atoms with E-state index in [0.717, 1.165) is 0 Å². The predicted molar refractivity (Wildman–Crippen MR) is 194 cm³/mol. The minimum Gasteiger partial charge on any atom is -0.310 e. The Balaban J connectivity index is 1.48. The molecule has 0 spiro atoms. The molecule has 7 aromatic rings. The smallest absolute Gasteiger partial charge is 0.252 e. The standard InChI is InChI=1S/C42H33BN2/c1-26-12-9-13-27(2)39(26)44-36-20-11-21-37-38(36)43(34-24-22-30-16-5-7-18-32(30)41(34)44)35-25-23-31-17-6-8-19-33(31)42(35)45(37)40-28(3)14-10-15-29(40)4/h5-25H,1-4H3. The van der Waals surface area contributed by atoms with Crippen molar-refractivity contribution < 1.29 is 0 Å². The molecule has 9 rings (SSSR count). The maximum atomic E-state index is 2.58. The van der Waals surface area contributed by atoms with Crippen LogP contribution in [0.1, 0.15) is 22.3 Å². The lowest BCUT2D eigenvalue weighted by atomic mass is 9.33. The van der Waals surface area contributed by atoms with E-state index >= 15 is 0 Å². The highest BCUT2D eigenvalue weighted by molar-refractivity contribution is 7.00. The van der Waals surface area contributed by atoms with Crippen molar-refractivity contribution in [3.8, 4) is 0 Å². The molecule has 0 atom stereocenters. The van der Waals surface area contributed by atoms with Gasteiger partial charge in [0.15, 0.2) is 0 Å². The Morgan fingerprint density at radius 1 is 0.378 bits per heavy atom. The number of benzene rings is 7. The van der Waals surface area contributed by atoms with E-state index in [1.165, 1.54) is 94.3 Å². The first-order chi connectivity index (χ1) is 22.0. The number of para-hydroxylation sites is 2. The van der Waals surface area contributed by atoms with Gasteiger partial charge in [-0.15, -0.1) is 0 Å². The molecule has 45 heavy (non-hydrogen) atoms. The van der Waals surface area contributed by atoms with Gasteiger partial charge in [-0.25, -0.2) is 0 Å². The fourth-order valence-electron chi connectivity index (χ4n) is 8.24. The molecule has 2 aliphatic heterocycles. The van der Waals surface area contributed by atoms with Gasteiger partial charge in [0.2, 0.25) is 0 Å². The monoisotopic (exact) mass is 576 g/mol. The van der Waals surface area contributed by atoms with Crippen LogP contribution >= 0.6 is 0 Å². The van der Waals surface area contributed by atoms with Crippen molar-refractivity contribution in [2.75, 3.05) is 9.80 Å². The summed E-state index contributed by atoms with van der Waals surface area (Å²) < 4.78 is 0. The maximum absolute atomic E-state index is 2.58. The number of rotatable bonds is 2. The second kappa shape index (κ2) is 9.61. The molecule has 0 saturated carbocycles. The topological polar surface area (TPSA) is 6.48 Å². The van der Waals surface area contributed by atoms with Gasteiger partial charge in [0.1, 0.15) is 0 Å². The summed E-state index contributed by atoms with van der Waals surface area (Å²) in [7, 11) is 0. The summed E-state index contributed by atoms with van der Waals surface area (Å²) in [5.41, 5.74) is 16.8. The molecule has 0 amide bonds. The zero-order valence-corrected chi connectivity index (χ0v) is 26.1. The normalized spacial score (nSPS) is 13.2. The van der Waals surface area contributed by atoms with Gasteiger partial charge in [-0.2, -0.15) is 0 Å². The molecule has 2 heterocycles. The quantitative estimate of drug-likeness (QED) is 0.189. The van der Waals surface area contributed by atoms with Gasteiger partial charge in [0, 0.05) is 33.5 Å². The Kier molecular flexibility index (Phi) is 5.59. The zero-order chi connectivity index (χ0) is 30.4. The van der Waals surface area contributed by atoms with Crippen molar-refractivity contribution in [1.29, 1.82) is 0 Å². The largest absolute Gasteiger partial charge is 0.310 e. The average molecular weight is 577 g/mol. The van der Waals surface area contributed by atoms with Crippen LogP contribution in [0, 0.1) is 27.7 Å². The fraction of sp³-hybridized carbons (Fsp3) is 0.0952. The molecule has 0 N–H and O–H groups in total. The van der Waals surface area contributed by atoms with Crippen molar-refractivity contribution >= 4 is 78.8 Å². The first-order valence-corrected chi connectivity index (χ1v) is 15.9. The molecule has 2 nitrogen and oxygen atoms in total. The van der Waals surface area contributed by atoms with Crippen LogP contribution in [-0.4, -0.2) is 6.71 Å². The van der Waals surface area contributed by atoms with E-state index in [9.17, 15) is 0 Å². The van der Waals surface area contributed by atoms with Gasteiger partial charge >= 0.3 is 0 Å². The molecule has 0 unspecified atom stereocenters. The highest BCUT2D eigenvalue weighted by atomic mass is 15.2. The molecule has 214 valence electrons. The van der Waals surface area contributed by atoms with Gasteiger partial charge in [-0.1, -0.05) is 115 Å². The van der Waals surface area contributed by atoms with E-state index in [0.29, 0.717) is 0 Å². The number of anilines is 6. The molecule has 0 bridgehead atoms. The second-order valence-corrected chi connectivity index (χ2v) is 12.7. The molecule has 3 heteroatoms. The third-order valence-electron chi connectivity index (χ3n) is 10.1. The van der Waals surface area contributed by atoms with Crippen LogP contribution in [-0.2, 0) is 0 Å². The van der Waals surface area contributed by atoms with Gasteiger partial charge < -0.3 is 9.80 Å². The van der Waals surface area contributed by atoms with Crippen LogP contribution in [0.5, 0.6) is 0 Å². The Bertz CT molecular complexity index is 2150. The number of fused-ring (bicyclic) bond motifs is 8. The summed E-state index contributed by atoms with van der Waals surface area (Å²) in [6.45, 7) is 9.09. The lowest BCUT2D eigenvalue weighted by Gasteiger charge is -2.45. The Labute approximate surface area is 265 Å². The van der Waals surface area contributed by atoms with Crippen LogP contribution in [0.4, 0.5) is 34.1 Å². The van der Waals surface area contributed by atoms with Crippen LogP contribution < -0.4 is 26.2 Å². The SMILES string of the molecule is Cc1cccc(C)c1N1c2cccc3c2B(c2ccc4ccccc4c21)c1ccc2ccccc2c1N3c1c(C)cccc1C. The molecule has 0 radical (unpaired) electrons. The Morgan fingerprint density at radius 2 is 0.778 bits per heavy atom. The number of hydrogen-bond acceptors (Lipinski definition) is 2. The summed E-state index contributed by atoms with van der Waals surface area (Å²) in [6, 6.07) is 47.5. The van der Waals surface area contributed by atoms with Crippen LogP contribution in [0.3, 0.4) is 0 Å². The summed E-state index contributed by atoms with van der Waals surface area (Å²) in [4.78, 5) is 5.15. The van der Waals surface area contributed by atoms with Crippen LogP contribution in [0.15, 0.2) is 127 Å². The van der Waals surface area contributed by atoms with Gasteiger partial charge in [0.25, 0.3) is 6.71 Å². The third-order valence-corrected chi connectivity index (χ3v) is 10.1. The molecule has 0 fully saturated rings. The third kappa shape index (κ3) is 3.58. The predicted octanol–water partition coefficient (Wildman–Crippen LogP) is 9.31. The van der Waals surface area contributed by atoms with E-state index in [2.05, 4.69) is 165 Å². The molecule has 0 aromatic heterocycles. The van der Waals surface area contributed by atoms with Crippen molar-refractivity contribution in [3.05, 3.63) is 150 Å². The first kappa shape index (κ1) is 26.2. The van der Waals surface area contributed by atoms with Crippen molar-refractivity contribution in [3.63, 3.8) is 0 Å². The van der Waals surface area contributed by atoms with E-state index < -0.39 is 0 Å². The van der Waals surface area contributed by atoms with Gasteiger partial charge in [-0.3, -0.25) is 0 Å². The van der Waals surface area contributed by atoms with E-state index in [4.69, 9.17) is 0 Å². The molecule has 0 aliphatic carbocycles. The van der Waals surface area contributed by atoms with E-state index in [-0.39, 0.29) is 6.71 Å². The average Bonchev–Trinajstić information content (AvgIpc) is 3.06. The van der Waals surface area contributed by atoms with E-state index in [1.54, 1.807) is 0 Å². The zero-order valence-electron chi connectivity index (χ0n) is 26.1. The van der Waals surface area contributed by atoms with Crippen LogP contribution in [0.25, 0.3) is 21.5 Å². The number of aryl methyl sites for hydroxylation is 4. The van der Waals surface area contributed by atoms with Gasteiger partial charge in [0.05, 0.1) is 11.4 Å². The van der Waals surface area contributed by atoms with Gasteiger partial charge in [-0.05, 0) is 89.2 Å². The first-order valence-electron chi connectivity index (χ1n) is 15.9. The highest BCUT2D eigenvalue weighted by Gasteiger charge is 2.44. The van der Waals surface area contributed by atoms with Crippen molar-refractivity contribution in [1.82, 2.24) is 0 Å². The fourth-order valence-corrected chi connectivity index (χ4v) is 8.24. The Morgan fingerprint density at radius 3 is 1.22 bits per heavy atom. The second-order valence-electron chi connectivity index (χ2n) is 12.7. The summed E-state index contributed by atoms with van der Waals surface area (Å²) in [5, 5.41) is 5.10. The molecule has 0 saturated heterocycles. The Hall–Kier alpha value is -5.28. The van der Waals surface area contributed by atoms with Crippen LogP contribution in [0.2, 0.25) is 0 Å². The molecular formula is C42H33BN2. The van der Waals surface area contributed by atoms with Crippen molar-refractivity contribution in [2.45, 2.75) is 27.7 Å². The summed E-state index contributed by atoms with van der Waals surface area (Å²) >= 11 is 0. The molecule has 7 aromatic carbocycles. The summed E-state index contributed by atoms with van der Waals surface area (Å²) in [5.74, 6) is 0. The van der Waals surface area contributed by atoms with Crippen molar-refractivity contribution in [2.24, 2.45) is 0 Å². The summed E-state index contributed by atoms with van der Waals surface area (Å²) in [6.07, 6.45) is 0. The molecular weight excluding hydrogens is 543 g/mol. The van der Waals surface area contributed by atoms with E-state index in [1.807, 2.05) is 0 Å². The minimum absolute atomic E-state index is 0.0940. The lowest BCUT2D eigenvalue weighted by Crippen LogP contribution is -2.61.